The van der Waals surface area contributed by atoms with E-state index < -0.39 is 24.7 Å². The zero-order valence-electron chi connectivity index (χ0n) is 25.0. The summed E-state index contributed by atoms with van der Waals surface area (Å²) in [6, 6.07) is 12.9. The standard InChI is InChI=1S/C32H31ClF3N5O4S/c1-19(23-4-3-5-26(29(23)33)45-22-8-11-40(12-9-22)13-10-32(34,35)36)44-27-15-28(46-30(27)31(42)43)41-18-37-24-14-20(6-7-25(24)41)21-16-38-39(2)17-21/h3-7,14-19,22H,8-13H2,1-2H3,(H,42,43)/t19-/m1/s1. The summed E-state index contributed by atoms with van der Waals surface area (Å²) < 4.78 is 53.7. The van der Waals surface area contributed by atoms with Gasteiger partial charge < -0.3 is 19.5 Å². The van der Waals surface area contributed by atoms with Crippen molar-refractivity contribution in [1.82, 2.24) is 24.2 Å². The van der Waals surface area contributed by atoms with Crippen molar-refractivity contribution in [1.29, 1.82) is 0 Å². The first-order valence-electron chi connectivity index (χ1n) is 14.7. The molecule has 0 spiro atoms. The molecule has 1 N–H and O–H groups in total. The number of rotatable bonds is 10. The molecule has 0 saturated carbocycles. The molecule has 0 aliphatic carbocycles. The fourth-order valence-corrected chi connectivity index (χ4v) is 6.80. The molecule has 1 saturated heterocycles. The largest absolute Gasteiger partial charge is 0.489 e. The monoisotopic (exact) mass is 673 g/mol. The Hall–Kier alpha value is -4.07. The number of imidazole rings is 1. The Morgan fingerprint density at radius 3 is 2.63 bits per heavy atom. The number of fused-ring (bicyclic) bond motifs is 1. The van der Waals surface area contributed by atoms with Crippen molar-refractivity contribution in [3.63, 3.8) is 0 Å². The van der Waals surface area contributed by atoms with E-state index in [2.05, 4.69) is 10.1 Å². The molecule has 0 unspecified atom stereocenters. The smallest absolute Gasteiger partial charge is 0.390 e. The first kappa shape index (κ1) is 31.9. The van der Waals surface area contributed by atoms with Crippen LogP contribution in [0.1, 0.15) is 47.5 Å². The van der Waals surface area contributed by atoms with Crippen LogP contribution in [0.5, 0.6) is 11.5 Å². The molecule has 14 heteroatoms. The average Bonchev–Trinajstić information content (AvgIpc) is 3.75. The number of halogens is 4. The number of hydrogen-bond acceptors (Lipinski definition) is 7. The van der Waals surface area contributed by atoms with Crippen LogP contribution in [0.4, 0.5) is 13.2 Å². The van der Waals surface area contributed by atoms with Crippen molar-refractivity contribution < 1.29 is 32.5 Å². The molecule has 5 aromatic rings. The molecule has 0 bridgehead atoms. The lowest BCUT2D eigenvalue weighted by molar-refractivity contribution is -0.138. The minimum absolute atomic E-state index is 0.0197. The summed E-state index contributed by atoms with van der Waals surface area (Å²) >= 11 is 7.84. The summed E-state index contributed by atoms with van der Waals surface area (Å²) in [7, 11) is 1.85. The zero-order valence-corrected chi connectivity index (χ0v) is 26.6. The molecule has 9 nitrogen and oxygen atoms in total. The number of thiophene rings is 1. The van der Waals surface area contributed by atoms with Crippen molar-refractivity contribution in [3.8, 4) is 27.6 Å². The Kier molecular flexibility index (Phi) is 8.99. The third-order valence-electron chi connectivity index (χ3n) is 7.98. The van der Waals surface area contributed by atoms with Gasteiger partial charge >= 0.3 is 12.1 Å². The van der Waals surface area contributed by atoms with E-state index in [-0.39, 0.29) is 23.3 Å². The second-order valence-electron chi connectivity index (χ2n) is 11.2. The molecule has 1 aliphatic heterocycles. The molecule has 3 aromatic heterocycles. The molecule has 6 rings (SSSR count). The van der Waals surface area contributed by atoms with Gasteiger partial charge in [0.1, 0.15) is 35.0 Å². The highest BCUT2D eigenvalue weighted by atomic mass is 35.5. The van der Waals surface area contributed by atoms with Gasteiger partial charge in [-0.15, -0.1) is 11.3 Å². The fourth-order valence-electron chi connectivity index (χ4n) is 5.56. The minimum atomic E-state index is -4.17. The topological polar surface area (TPSA) is 94.6 Å². The van der Waals surface area contributed by atoms with Gasteiger partial charge in [0.15, 0.2) is 4.88 Å². The Balaban J connectivity index is 1.17. The molecule has 1 atom stereocenters. The van der Waals surface area contributed by atoms with Crippen LogP contribution >= 0.6 is 22.9 Å². The number of nitrogens with zero attached hydrogens (tertiary/aromatic N) is 5. The lowest BCUT2D eigenvalue weighted by Gasteiger charge is -2.32. The number of carboxylic acids is 1. The normalized spacial score (nSPS) is 15.3. The number of aromatic carboxylic acids is 1. The summed E-state index contributed by atoms with van der Waals surface area (Å²) in [6.45, 7) is 2.77. The summed E-state index contributed by atoms with van der Waals surface area (Å²) in [6.07, 6.45) is 0.712. The van der Waals surface area contributed by atoms with Gasteiger partial charge in [0, 0.05) is 50.1 Å². The number of alkyl halides is 3. The maximum atomic E-state index is 12.6. The van der Waals surface area contributed by atoms with E-state index in [9.17, 15) is 23.1 Å². The maximum Gasteiger partial charge on any atom is 0.390 e. The van der Waals surface area contributed by atoms with Crippen molar-refractivity contribution in [2.24, 2.45) is 7.05 Å². The number of piperidine rings is 1. The Morgan fingerprint density at radius 2 is 1.93 bits per heavy atom. The fraction of sp³-hybridized carbons (Fsp3) is 0.344. The average molecular weight is 674 g/mol. The van der Waals surface area contributed by atoms with Gasteiger partial charge in [-0.25, -0.2) is 9.78 Å². The van der Waals surface area contributed by atoms with Crippen LogP contribution < -0.4 is 9.47 Å². The number of aryl methyl sites for hydroxylation is 1. The maximum absolute atomic E-state index is 12.6. The number of carboxylic acid groups (broad SMARTS) is 1. The third kappa shape index (κ3) is 7.01. The number of hydrogen-bond donors (Lipinski definition) is 1. The summed E-state index contributed by atoms with van der Waals surface area (Å²) in [5.41, 5.74) is 4.10. The number of carbonyl (C=O) groups is 1. The molecular weight excluding hydrogens is 643 g/mol. The highest BCUT2D eigenvalue weighted by Crippen LogP contribution is 2.40. The summed E-state index contributed by atoms with van der Waals surface area (Å²) in [5.74, 6) is -0.475. The van der Waals surface area contributed by atoms with E-state index in [1.165, 1.54) is 0 Å². The predicted molar refractivity (Wildman–Crippen MR) is 169 cm³/mol. The molecule has 242 valence electrons. The first-order chi connectivity index (χ1) is 21.9. The highest BCUT2D eigenvalue weighted by molar-refractivity contribution is 7.16. The summed E-state index contributed by atoms with van der Waals surface area (Å²) in [4.78, 5) is 18.6. The van der Waals surface area contributed by atoms with Crippen molar-refractivity contribution in [2.75, 3.05) is 19.6 Å². The number of aromatic nitrogens is 4. The van der Waals surface area contributed by atoms with Crippen LogP contribution in [0.3, 0.4) is 0 Å². The molecule has 0 amide bonds. The molecule has 46 heavy (non-hydrogen) atoms. The number of benzene rings is 2. The Bertz CT molecular complexity index is 1860. The van der Waals surface area contributed by atoms with Crippen molar-refractivity contribution in [3.05, 3.63) is 76.6 Å². The van der Waals surface area contributed by atoms with Gasteiger partial charge in [0.25, 0.3) is 0 Å². The van der Waals surface area contributed by atoms with Gasteiger partial charge in [-0.1, -0.05) is 29.8 Å². The summed E-state index contributed by atoms with van der Waals surface area (Å²) in [5, 5.41) is 15.2. The Morgan fingerprint density at radius 1 is 1.15 bits per heavy atom. The lowest BCUT2D eigenvalue weighted by atomic mass is 10.1. The van der Waals surface area contributed by atoms with E-state index in [1.54, 1.807) is 53.3 Å². The quantitative estimate of drug-likeness (QED) is 0.162. The second kappa shape index (κ2) is 13.0. The van der Waals surface area contributed by atoms with Crippen molar-refractivity contribution >= 4 is 39.9 Å². The number of ether oxygens (including phenoxy) is 2. The van der Waals surface area contributed by atoms with E-state index in [0.717, 1.165) is 33.5 Å². The van der Waals surface area contributed by atoms with Gasteiger partial charge in [0.05, 0.1) is 28.7 Å². The molecule has 4 heterocycles. The van der Waals surface area contributed by atoms with Crippen LogP contribution in [0.25, 0.3) is 27.2 Å². The van der Waals surface area contributed by atoms with E-state index >= 15 is 0 Å². The van der Waals surface area contributed by atoms with Gasteiger partial charge in [0.2, 0.25) is 0 Å². The molecule has 2 aromatic carbocycles. The molecule has 1 aliphatic rings. The van der Waals surface area contributed by atoms with Gasteiger partial charge in [-0.2, -0.15) is 18.3 Å². The van der Waals surface area contributed by atoms with Crippen LogP contribution in [0, 0.1) is 0 Å². The van der Waals surface area contributed by atoms with Crippen LogP contribution in [-0.4, -0.2) is 67.2 Å². The van der Waals surface area contributed by atoms with E-state index in [0.29, 0.717) is 47.3 Å². The SMILES string of the molecule is C[C@@H](Oc1cc(-n2cnc3cc(-c4cnn(C)c4)ccc32)sc1C(=O)O)c1cccc(OC2CCN(CCC(F)(F)F)CC2)c1Cl. The van der Waals surface area contributed by atoms with Crippen molar-refractivity contribution in [2.45, 2.75) is 44.6 Å². The van der Waals surface area contributed by atoms with Crippen LogP contribution in [-0.2, 0) is 7.05 Å². The number of likely N-dealkylation sites (tertiary alicyclic amines) is 1. The molecule has 0 radical (unpaired) electrons. The zero-order chi connectivity index (χ0) is 32.6. The Labute approximate surface area is 271 Å². The van der Waals surface area contributed by atoms with Crippen LogP contribution in [0.2, 0.25) is 5.02 Å². The third-order valence-corrected chi connectivity index (χ3v) is 9.48. The van der Waals surface area contributed by atoms with Gasteiger partial charge in [-0.3, -0.25) is 9.25 Å². The van der Waals surface area contributed by atoms with Crippen LogP contribution in [0.15, 0.2) is 61.2 Å². The molecular formula is C32H31ClF3N5O4S. The van der Waals surface area contributed by atoms with E-state index in [4.69, 9.17) is 21.1 Å². The first-order valence-corrected chi connectivity index (χ1v) is 15.9. The highest BCUT2D eigenvalue weighted by Gasteiger charge is 2.30. The lowest BCUT2D eigenvalue weighted by Crippen LogP contribution is -2.39. The van der Waals surface area contributed by atoms with E-state index in [1.807, 2.05) is 36.0 Å². The predicted octanol–water partition coefficient (Wildman–Crippen LogP) is 7.77. The molecule has 1 fully saturated rings. The second-order valence-corrected chi connectivity index (χ2v) is 12.7. The van der Waals surface area contributed by atoms with Gasteiger partial charge in [-0.05, 0) is 43.5 Å². The minimum Gasteiger partial charge on any atom is -0.489 e.